The number of aryl methyl sites for hydroxylation is 2. The summed E-state index contributed by atoms with van der Waals surface area (Å²) in [5.41, 5.74) is 3.03. The number of halogens is 1. The molecule has 2 aromatic heterocycles. The zero-order valence-corrected chi connectivity index (χ0v) is 12.9. The van der Waals surface area contributed by atoms with Gasteiger partial charge in [-0.05, 0) is 45.5 Å². The van der Waals surface area contributed by atoms with Gasteiger partial charge in [-0.2, -0.15) is 0 Å². The summed E-state index contributed by atoms with van der Waals surface area (Å²) < 4.78 is 2.28. The van der Waals surface area contributed by atoms with Crippen LogP contribution in [0.25, 0.3) is 11.2 Å². The number of hydrogen-bond donors (Lipinski definition) is 0. The lowest BCUT2D eigenvalue weighted by Gasteiger charge is -2.21. The number of pyridine rings is 1. The Labute approximate surface area is 124 Å². The fourth-order valence-corrected chi connectivity index (χ4v) is 3.20. The summed E-state index contributed by atoms with van der Waals surface area (Å²) in [5.74, 6) is 1.66. The van der Waals surface area contributed by atoms with Crippen LogP contribution in [0, 0.1) is 6.92 Å². The molecule has 2 aromatic rings. The maximum absolute atomic E-state index is 5.93. The second kappa shape index (κ2) is 5.70. The van der Waals surface area contributed by atoms with Crippen LogP contribution in [0.15, 0.2) is 12.1 Å². The van der Waals surface area contributed by atoms with Crippen molar-refractivity contribution in [3.05, 3.63) is 23.7 Å². The van der Waals surface area contributed by atoms with Gasteiger partial charge in [0, 0.05) is 30.6 Å². The zero-order valence-electron chi connectivity index (χ0n) is 12.1. The number of rotatable bonds is 4. The molecule has 0 bridgehead atoms. The van der Waals surface area contributed by atoms with Gasteiger partial charge in [-0.25, -0.2) is 9.97 Å². The highest BCUT2D eigenvalue weighted by Crippen LogP contribution is 2.21. The Morgan fingerprint density at radius 3 is 2.90 bits per heavy atom. The van der Waals surface area contributed by atoms with Crippen LogP contribution >= 0.6 is 11.6 Å². The van der Waals surface area contributed by atoms with Gasteiger partial charge in [0.05, 0.1) is 0 Å². The van der Waals surface area contributed by atoms with Gasteiger partial charge < -0.3 is 9.47 Å². The quantitative estimate of drug-likeness (QED) is 0.813. The first kappa shape index (κ1) is 13.8. The molecular weight excluding hydrogens is 272 g/mol. The third kappa shape index (κ3) is 2.54. The summed E-state index contributed by atoms with van der Waals surface area (Å²) in [5, 5.41) is 0. The lowest BCUT2D eigenvalue weighted by atomic mass is 10.2. The van der Waals surface area contributed by atoms with Crippen LogP contribution in [0.5, 0.6) is 0 Å². The monoisotopic (exact) mass is 292 g/mol. The molecule has 3 heterocycles. The Morgan fingerprint density at radius 1 is 1.35 bits per heavy atom. The number of likely N-dealkylation sites (N-methyl/N-ethyl adjacent to an activating group) is 1. The largest absolute Gasteiger partial charge is 0.311 e. The van der Waals surface area contributed by atoms with E-state index in [1.165, 1.54) is 19.4 Å². The Balaban J connectivity index is 2.01. The molecule has 4 nitrogen and oxygen atoms in total. The van der Waals surface area contributed by atoms with Crippen LogP contribution in [-0.4, -0.2) is 44.9 Å². The summed E-state index contributed by atoms with van der Waals surface area (Å²) >= 11 is 5.93. The van der Waals surface area contributed by atoms with Crippen molar-refractivity contribution in [3.8, 4) is 0 Å². The molecular formula is C15H21ClN4. The molecule has 0 aromatic carbocycles. The summed E-state index contributed by atoms with van der Waals surface area (Å²) in [7, 11) is 2.21. The molecule has 1 saturated heterocycles. The normalized spacial score (nSPS) is 20.1. The van der Waals surface area contributed by atoms with E-state index in [9.17, 15) is 0 Å². The Hall–Kier alpha value is -1.13. The maximum atomic E-state index is 5.93. The van der Waals surface area contributed by atoms with E-state index < -0.39 is 0 Å². The summed E-state index contributed by atoms with van der Waals surface area (Å²) in [6.07, 6.45) is 3.33. The van der Waals surface area contributed by atoms with E-state index in [4.69, 9.17) is 16.6 Å². The van der Waals surface area contributed by atoms with Crippen molar-refractivity contribution in [2.24, 2.45) is 0 Å². The lowest BCUT2D eigenvalue weighted by molar-refractivity contribution is 0.282. The molecule has 1 unspecified atom stereocenters. The molecule has 0 saturated carbocycles. The minimum absolute atomic E-state index is 0.587. The van der Waals surface area contributed by atoms with Crippen molar-refractivity contribution < 1.29 is 0 Å². The van der Waals surface area contributed by atoms with Gasteiger partial charge in [0.2, 0.25) is 0 Å². The van der Waals surface area contributed by atoms with E-state index in [0.717, 1.165) is 35.6 Å². The fourth-order valence-electron chi connectivity index (χ4n) is 3.03. The smallest absolute Gasteiger partial charge is 0.160 e. The first-order valence-corrected chi connectivity index (χ1v) is 7.81. The molecule has 1 aliphatic heterocycles. The van der Waals surface area contributed by atoms with Gasteiger partial charge in [-0.15, -0.1) is 11.6 Å². The van der Waals surface area contributed by atoms with Gasteiger partial charge in [-0.3, -0.25) is 0 Å². The highest BCUT2D eigenvalue weighted by molar-refractivity contribution is 6.17. The molecule has 1 aliphatic rings. The number of alkyl halides is 1. The van der Waals surface area contributed by atoms with E-state index in [0.29, 0.717) is 11.9 Å². The Morgan fingerprint density at radius 2 is 2.20 bits per heavy atom. The number of hydrogen-bond acceptors (Lipinski definition) is 3. The number of aromatic nitrogens is 3. The maximum Gasteiger partial charge on any atom is 0.160 e. The average molecular weight is 293 g/mol. The van der Waals surface area contributed by atoms with Gasteiger partial charge in [0.25, 0.3) is 0 Å². The predicted octanol–water partition coefficient (Wildman–Crippen LogP) is 2.62. The van der Waals surface area contributed by atoms with Gasteiger partial charge in [-0.1, -0.05) is 0 Å². The summed E-state index contributed by atoms with van der Waals surface area (Å²) in [6, 6.07) is 4.67. The Kier molecular flexibility index (Phi) is 3.94. The van der Waals surface area contributed by atoms with Crippen molar-refractivity contribution in [1.29, 1.82) is 0 Å². The molecule has 5 heteroatoms. The molecule has 0 N–H and O–H groups in total. The van der Waals surface area contributed by atoms with Gasteiger partial charge in [0.15, 0.2) is 5.65 Å². The van der Waals surface area contributed by atoms with Crippen LogP contribution in [0.3, 0.4) is 0 Å². The lowest BCUT2D eigenvalue weighted by Crippen LogP contribution is -2.30. The molecule has 108 valence electrons. The first-order valence-electron chi connectivity index (χ1n) is 7.28. The van der Waals surface area contributed by atoms with E-state index in [1.807, 2.05) is 13.0 Å². The number of fused-ring (bicyclic) bond motifs is 1. The van der Waals surface area contributed by atoms with Crippen LogP contribution in [0.1, 0.15) is 24.4 Å². The second-order valence-electron chi connectivity index (χ2n) is 5.65. The minimum atomic E-state index is 0.587. The van der Waals surface area contributed by atoms with E-state index in [-0.39, 0.29) is 0 Å². The fraction of sp³-hybridized carbons (Fsp3) is 0.600. The predicted molar refractivity (Wildman–Crippen MR) is 82.3 cm³/mol. The second-order valence-corrected chi connectivity index (χ2v) is 6.03. The van der Waals surface area contributed by atoms with Crippen LogP contribution in [-0.2, 0) is 13.0 Å². The van der Waals surface area contributed by atoms with E-state index >= 15 is 0 Å². The average Bonchev–Trinajstić information content (AvgIpc) is 2.96. The number of nitrogens with zero attached hydrogens (tertiary/aromatic N) is 4. The van der Waals surface area contributed by atoms with E-state index in [2.05, 4.69) is 27.6 Å². The highest BCUT2D eigenvalue weighted by atomic mass is 35.5. The number of likely N-dealkylation sites (tertiary alicyclic amines) is 1. The Bertz CT molecular complexity index is 607. The third-order valence-electron chi connectivity index (χ3n) is 4.19. The summed E-state index contributed by atoms with van der Waals surface area (Å²) in [4.78, 5) is 11.8. The minimum Gasteiger partial charge on any atom is -0.311 e. The molecule has 0 aliphatic carbocycles. The van der Waals surface area contributed by atoms with Crippen molar-refractivity contribution in [2.75, 3.05) is 19.5 Å². The molecule has 1 atom stereocenters. The van der Waals surface area contributed by atoms with E-state index in [1.54, 1.807) is 0 Å². The third-order valence-corrected chi connectivity index (χ3v) is 4.38. The number of imidazole rings is 1. The van der Waals surface area contributed by atoms with Gasteiger partial charge in [0.1, 0.15) is 11.3 Å². The van der Waals surface area contributed by atoms with Crippen LogP contribution < -0.4 is 0 Å². The van der Waals surface area contributed by atoms with Crippen LogP contribution in [0.2, 0.25) is 0 Å². The molecule has 1 fully saturated rings. The molecule has 0 spiro atoms. The molecule has 20 heavy (non-hydrogen) atoms. The molecule has 3 rings (SSSR count). The topological polar surface area (TPSA) is 34.0 Å². The van der Waals surface area contributed by atoms with Gasteiger partial charge >= 0.3 is 0 Å². The molecule has 0 radical (unpaired) electrons. The van der Waals surface area contributed by atoms with Crippen molar-refractivity contribution in [3.63, 3.8) is 0 Å². The molecule has 0 amide bonds. The SMILES string of the molecule is Cc1ccc2nc(CCCl)n(CC3CCCN3C)c2n1. The van der Waals surface area contributed by atoms with Crippen molar-refractivity contribution in [2.45, 2.75) is 38.8 Å². The van der Waals surface area contributed by atoms with Crippen molar-refractivity contribution >= 4 is 22.8 Å². The summed E-state index contributed by atoms with van der Waals surface area (Å²) in [6.45, 7) is 4.18. The first-order chi connectivity index (χ1) is 9.69. The van der Waals surface area contributed by atoms with Crippen molar-refractivity contribution in [1.82, 2.24) is 19.4 Å². The standard InChI is InChI=1S/C15H21ClN4/c1-11-5-6-13-15(17-11)20(14(18-13)7-8-16)10-12-4-3-9-19(12)2/h5-6,12H,3-4,7-10H2,1-2H3. The van der Waals surface area contributed by atoms with Crippen LogP contribution in [0.4, 0.5) is 0 Å². The zero-order chi connectivity index (χ0) is 14.1. The highest BCUT2D eigenvalue weighted by Gasteiger charge is 2.23.